The fourth-order valence-corrected chi connectivity index (χ4v) is 2.40. The number of carboxylic acid groups (broad SMARTS) is 1. The van der Waals surface area contributed by atoms with E-state index in [1.54, 1.807) is 34.6 Å². The van der Waals surface area contributed by atoms with Crippen molar-refractivity contribution in [2.24, 2.45) is 0 Å². The molecule has 0 aromatic carbocycles. The molecule has 1 heterocycles. The van der Waals surface area contributed by atoms with Crippen molar-refractivity contribution < 1.29 is 23.2 Å². The molecular formula is C12H20N2O5S. The van der Waals surface area contributed by atoms with Gasteiger partial charge in [0.2, 0.25) is 0 Å². The molecule has 0 unspecified atom stereocenters. The number of nitrogens with zero attached hydrogens (tertiary/aromatic N) is 1. The van der Waals surface area contributed by atoms with E-state index in [2.05, 4.69) is 0 Å². The molecule has 114 valence electrons. The van der Waals surface area contributed by atoms with Crippen molar-refractivity contribution in [2.45, 2.75) is 51.2 Å². The monoisotopic (exact) mass is 304 g/mol. The van der Waals surface area contributed by atoms with Crippen LogP contribution in [0.1, 0.15) is 51.1 Å². The van der Waals surface area contributed by atoms with Gasteiger partial charge in [0.25, 0.3) is 10.0 Å². The van der Waals surface area contributed by atoms with Crippen molar-refractivity contribution in [1.82, 2.24) is 9.45 Å². The highest BCUT2D eigenvalue weighted by Crippen LogP contribution is 2.19. The first-order valence-corrected chi connectivity index (χ1v) is 7.57. The Morgan fingerprint density at radius 2 is 1.95 bits per heavy atom. The predicted molar refractivity (Wildman–Crippen MR) is 72.9 cm³/mol. The third kappa shape index (κ3) is 4.06. The zero-order valence-electron chi connectivity index (χ0n) is 12.2. The minimum absolute atomic E-state index is 0.0869. The summed E-state index contributed by atoms with van der Waals surface area (Å²) in [4.78, 5) is 18.0. The van der Waals surface area contributed by atoms with Gasteiger partial charge in [-0.2, -0.15) is 0 Å². The second-order valence-corrected chi connectivity index (χ2v) is 7.31. The van der Waals surface area contributed by atoms with E-state index in [9.17, 15) is 13.2 Å². The van der Waals surface area contributed by atoms with E-state index >= 15 is 0 Å². The third-order valence-corrected chi connectivity index (χ3v) is 3.51. The van der Waals surface area contributed by atoms with Crippen molar-refractivity contribution in [3.8, 4) is 0 Å². The minimum Gasteiger partial charge on any atom is -0.477 e. The van der Waals surface area contributed by atoms with Gasteiger partial charge in [0.15, 0.2) is 0 Å². The minimum atomic E-state index is -3.92. The van der Waals surface area contributed by atoms with Crippen LogP contribution >= 0.6 is 0 Å². The summed E-state index contributed by atoms with van der Waals surface area (Å²) in [6, 6.07) is 0.935. The molecule has 0 amide bonds. The average Bonchev–Trinajstić information content (AvgIpc) is 2.71. The number of hydrogen-bond donors (Lipinski definition) is 2. The fourth-order valence-electron chi connectivity index (χ4n) is 1.43. The van der Waals surface area contributed by atoms with Crippen molar-refractivity contribution >= 4 is 16.0 Å². The topological polar surface area (TPSA) is 97.6 Å². The molecule has 0 spiro atoms. The summed E-state index contributed by atoms with van der Waals surface area (Å²) in [5.74, 6) is -1.18. The van der Waals surface area contributed by atoms with Crippen LogP contribution in [0.4, 0.5) is 0 Å². The lowest BCUT2D eigenvalue weighted by Crippen LogP contribution is -2.33. The van der Waals surface area contributed by atoms with Crippen LogP contribution in [0.5, 0.6) is 0 Å². The number of aromatic nitrogens is 1. The van der Waals surface area contributed by atoms with Crippen molar-refractivity contribution in [3.63, 3.8) is 0 Å². The molecule has 1 rings (SSSR count). The second-order valence-electron chi connectivity index (χ2n) is 5.67. The smallest absolute Gasteiger partial charge is 0.352 e. The summed E-state index contributed by atoms with van der Waals surface area (Å²) in [5.41, 5.74) is -0.778. The quantitative estimate of drug-likeness (QED) is 0.808. The summed E-state index contributed by atoms with van der Waals surface area (Å²) >= 11 is 0. The Hall–Kier alpha value is -1.38. The normalized spacial score (nSPS) is 12.9. The number of carbonyl (C=O) groups is 1. The molecule has 8 heteroatoms. The van der Waals surface area contributed by atoms with Crippen LogP contribution in [0, 0.1) is 0 Å². The number of rotatable bonds is 5. The zero-order chi connectivity index (χ0) is 15.7. The van der Waals surface area contributed by atoms with E-state index in [1.807, 2.05) is 4.89 Å². The summed E-state index contributed by atoms with van der Waals surface area (Å²) < 4.78 is 25.5. The molecule has 0 radical (unpaired) electrons. The van der Waals surface area contributed by atoms with Crippen LogP contribution in [0.15, 0.2) is 17.2 Å². The maximum atomic E-state index is 12.0. The number of hydrogen-bond acceptors (Lipinski definition) is 4. The van der Waals surface area contributed by atoms with Crippen LogP contribution in [0.3, 0.4) is 0 Å². The Kier molecular flexibility index (Phi) is 4.62. The van der Waals surface area contributed by atoms with Crippen LogP contribution < -0.4 is 4.89 Å². The molecule has 0 aliphatic carbocycles. The van der Waals surface area contributed by atoms with Gasteiger partial charge in [0, 0.05) is 12.2 Å². The molecule has 0 saturated carbocycles. The summed E-state index contributed by atoms with van der Waals surface area (Å²) in [7, 11) is -3.92. The van der Waals surface area contributed by atoms with Gasteiger partial charge in [-0.05, 0) is 40.7 Å². The standard InChI is InChI=1S/C12H20N2O5S/c1-8(2)14-7-9(6-10(14)11(15)16)20(17,18)13-19-12(3,4)5/h6-8,13H,1-5H3,(H,15,16). The van der Waals surface area contributed by atoms with E-state index in [0.717, 1.165) is 6.07 Å². The van der Waals surface area contributed by atoms with Crippen molar-refractivity contribution in [1.29, 1.82) is 0 Å². The van der Waals surface area contributed by atoms with Crippen LogP contribution in [-0.4, -0.2) is 29.7 Å². The van der Waals surface area contributed by atoms with Crippen molar-refractivity contribution in [3.05, 3.63) is 18.0 Å². The van der Waals surface area contributed by atoms with Crippen LogP contribution in [-0.2, 0) is 14.9 Å². The fraction of sp³-hybridized carbons (Fsp3) is 0.583. The predicted octanol–water partition coefficient (Wildman–Crippen LogP) is 1.78. The molecule has 20 heavy (non-hydrogen) atoms. The molecule has 2 N–H and O–H groups in total. The van der Waals surface area contributed by atoms with Crippen LogP contribution in [0.2, 0.25) is 0 Å². The van der Waals surface area contributed by atoms with Gasteiger partial charge < -0.3 is 9.67 Å². The summed E-state index contributed by atoms with van der Waals surface area (Å²) in [6.07, 6.45) is 1.28. The molecule has 0 bridgehead atoms. The Morgan fingerprint density at radius 1 is 1.40 bits per heavy atom. The first-order chi connectivity index (χ1) is 8.94. The maximum Gasteiger partial charge on any atom is 0.352 e. The zero-order valence-corrected chi connectivity index (χ0v) is 13.0. The van der Waals surface area contributed by atoms with E-state index in [1.165, 1.54) is 10.8 Å². The lowest BCUT2D eigenvalue weighted by atomic mass is 10.2. The Bertz CT molecular complexity index is 596. The number of sulfonamides is 1. The van der Waals surface area contributed by atoms with Gasteiger partial charge in [0.1, 0.15) is 10.6 Å². The molecule has 1 aromatic heterocycles. The SMILES string of the molecule is CC(C)n1cc(S(=O)(=O)NOC(C)(C)C)cc1C(=O)O. The van der Waals surface area contributed by atoms with Gasteiger partial charge in [-0.1, -0.05) is 4.89 Å². The highest BCUT2D eigenvalue weighted by Gasteiger charge is 2.24. The van der Waals surface area contributed by atoms with Crippen molar-refractivity contribution in [2.75, 3.05) is 0 Å². The van der Waals surface area contributed by atoms with E-state index < -0.39 is 21.6 Å². The van der Waals surface area contributed by atoms with Gasteiger partial charge in [-0.3, -0.25) is 4.84 Å². The molecular weight excluding hydrogens is 284 g/mol. The number of nitrogens with one attached hydrogen (secondary N) is 1. The summed E-state index contributed by atoms with van der Waals surface area (Å²) in [5, 5.41) is 9.09. The van der Waals surface area contributed by atoms with Gasteiger partial charge >= 0.3 is 5.97 Å². The van der Waals surface area contributed by atoms with E-state index in [-0.39, 0.29) is 16.6 Å². The number of aromatic carboxylic acids is 1. The van der Waals surface area contributed by atoms with Gasteiger partial charge in [-0.25, -0.2) is 13.2 Å². The highest BCUT2D eigenvalue weighted by molar-refractivity contribution is 7.89. The lowest BCUT2D eigenvalue weighted by Gasteiger charge is -2.18. The van der Waals surface area contributed by atoms with Gasteiger partial charge in [-0.15, -0.1) is 0 Å². The molecule has 0 saturated heterocycles. The summed E-state index contributed by atoms with van der Waals surface area (Å²) in [6.45, 7) is 8.61. The molecule has 0 fully saturated rings. The number of carboxylic acids is 1. The second kappa shape index (κ2) is 5.55. The average molecular weight is 304 g/mol. The molecule has 7 nitrogen and oxygen atoms in total. The largest absolute Gasteiger partial charge is 0.477 e. The van der Waals surface area contributed by atoms with E-state index in [0.29, 0.717) is 0 Å². The maximum absolute atomic E-state index is 12.0. The first kappa shape index (κ1) is 16.7. The first-order valence-electron chi connectivity index (χ1n) is 6.09. The molecule has 1 aromatic rings. The third-order valence-electron chi connectivity index (χ3n) is 2.37. The lowest BCUT2D eigenvalue weighted by molar-refractivity contribution is -0.0357. The van der Waals surface area contributed by atoms with E-state index in [4.69, 9.17) is 9.94 Å². The molecule has 0 aliphatic heterocycles. The van der Waals surface area contributed by atoms with Crippen LogP contribution in [0.25, 0.3) is 0 Å². The Balaban J connectivity index is 3.14. The Morgan fingerprint density at radius 3 is 2.30 bits per heavy atom. The Labute approximate surface area is 118 Å². The molecule has 0 atom stereocenters. The highest BCUT2D eigenvalue weighted by atomic mass is 32.2. The van der Waals surface area contributed by atoms with Gasteiger partial charge in [0.05, 0.1) is 5.60 Å². The molecule has 0 aliphatic rings.